The summed E-state index contributed by atoms with van der Waals surface area (Å²) >= 11 is 9.09. The Morgan fingerprint density at radius 3 is 2.70 bits per heavy atom. The lowest BCUT2D eigenvalue weighted by Gasteiger charge is -2.06. The van der Waals surface area contributed by atoms with Gasteiger partial charge in [-0.1, -0.05) is 27.5 Å². The molecule has 1 amide bonds. The van der Waals surface area contributed by atoms with Crippen molar-refractivity contribution in [3.05, 3.63) is 61.1 Å². The molecule has 0 fully saturated rings. The SMILES string of the molecule is N#CC(=Cc1cc2c(cc1Br)OCO2)C(=O)Nc1ccc(Cl)c([N+](=O)[O-])c1. The van der Waals surface area contributed by atoms with E-state index in [0.29, 0.717) is 21.5 Å². The van der Waals surface area contributed by atoms with E-state index < -0.39 is 10.8 Å². The monoisotopic (exact) mass is 449 g/mol. The van der Waals surface area contributed by atoms with Gasteiger partial charge in [-0.05, 0) is 35.9 Å². The van der Waals surface area contributed by atoms with E-state index in [1.807, 2.05) is 6.07 Å². The molecule has 0 radical (unpaired) electrons. The third-order valence-corrected chi connectivity index (χ3v) is 4.56. The molecule has 1 aliphatic heterocycles. The number of fused-ring (bicyclic) bond motifs is 1. The van der Waals surface area contributed by atoms with Gasteiger partial charge >= 0.3 is 0 Å². The topological polar surface area (TPSA) is 114 Å². The van der Waals surface area contributed by atoms with Crippen molar-refractivity contribution in [3.63, 3.8) is 0 Å². The Morgan fingerprint density at radius 1 is 1.33 bits per heavy atom. The number of rotatable bonds is 4. The minimum Gasteiger partial charge on any atom is -0.454 e. The maximum atomic E-state index is 12.4. The number of anilines is 1. The zero-order valence-electron chi connectivity index (χ0n) is 13.4. The fraction of sp³-hybridized carbons (Fsp3) is 0.0588. The summed E-state index contributed by atoms with van der Waals surface area (Å²) < 4.78 is 11.1. The predicted molar refractivity (Wildman–Crippen MR) is 101 cm³/mol. The van der Waals surface area contributed by atoms with E-state index >= 15 is 0 Å². The number of amides is 1. The second-order valence-corrected chi connectivity index (χ2v) is 6.54. The van der Waals surface area contributed by atoms with Crippen LogP contribution in [0.4, 0.5) is 11.4 Å². The van der Waals surface area contributed by atoms with E-state index in [9.17, 15) is 20.2 Å². The summed E-state index contributed by atoms with van der Waals surface area (Å²) in [6.07, 6.45) is 1.37. The predicted octanol–water partition coefficient (Wildman–Crippen LogP) is 4.29. The van der Waals surface area contributed by atoms with Gasteiger partial charge in [-0.3, -0.25) is 14.9 Å². The third kappa shape index (κ3) is 4.02. The molecule has 1 aliphatic rings. The van der Waals surface area contributed by atoms with Crippen LogP contribution in [-0.2, 0) is 4.79 Å². The van der Waals surface area contributed by atoms with Crippen LogP contribution in [0.15, 0.2) is 40.4 Å². The molecule has 0 spiro atoms. The quantitative estimate of drug-likeness (QED) is 0.322. The van der Waals surface area contributed by atoms with Crippen LogP contribution in [0.25, 0.3) is 6.08 Å². The van der Waals surface area contributed by atoms with Gasteiger partial charge in [-0.2, -0.15) is 5.26 Å². The molecule has 10 heteroatoms. The molecule has 0 atom stereocenters. The number of nitrogens with zero attached hydrogens (tertiary/aromatic N) is 2. The van der Waals surface area contributed by atoms with Gasteiger partial charge in [0.05, 0.1) is 4.92 Å². The number of carbonyl (C=O) groups is 1. The summed E-state index contributed by atoms with van der Waals surface area (Å²) in [6.45, 7) is 0.0931. The van der Waals surface area contributed by atoms with Crippen molar-refractivity contribution in [1.82, 2.24) is 0 Å². The molecule has 1 N–H and O–H groups in total. The fourth-order valence-corrected chi connectivity index (χ4v) is 2.90. The second-order valence-electron chi connectivity index (χ2n) is 5.27. The van der Waals surface area contributed by atoms with Crippen molar-refractivity contribution < 1.29 is 19.2 Å². The molecule has 0 unspecified atom stereocenters. The average molecular weight is 451 g/mol. The maximum Gasteiger partial charge on any atom is 0.289 e. The molecule has 3 rings (SSSR count). The summed E-state index contributed by atoms with van der Waals surface area (Å²) in [7, 11) is 0. The van der Waals surface area contributed by atoms with Crippen molar-refractivity contribution >= 4 is 50.9 Å². The smallest absolute Gasteiger partial charge is 0.289 e. The molecule has 27 heavy (non-hydrogen) atoms. The van der Waals surface area contributed by atoms with Gasteiger partial charge in [0.1, 0.15) is 16.7 Å². The van der Waals surface area contributed by atoms with Gasteiger partial charge in [0, 0.05) is 16.2 Å². The van der Waals surface area contributed by atoms with Crippen molar-refractivity contribution in [3.8, 4) is 17.6 Å². The van der Waals surface area contributed by atoms with Crippen molar-refractivity contribution in [2.75, 3.05) is 12.1 Å². The Kier molecular flexibility index (Phi) is 5.30. The first-order valence-electron chi connectivity index (χ1n) is 7.35. The molecular weight excluding hydrogens is 442 g/mol. The summed E-state index contributed by atoms with van der Waals surface area (Å²) in [5, 5.41) is 22.7. The first kappa shape index (κ1) is 18.7. The van der Waals surface area contributed by atoms with E-state index in [2.05, 4.69) is 21.2 Å². The number of benzene rings is 2. The molecule has 0 saturated carbocycles. The Labute approximate surface area is 166 Å². The lowest BCUT2D eigenvalue weighted by molar-refractivity contribution is -0.384. The van der Waals surface area contributed by atoms with Crippen LogP contribution >= 0.6 is 27.5 Å². The number of hydrogen-bond donors (Lipinski definition) is 1. The van der Waals surface area contributed by atoms with E-state index in [0.717, 1.165) is 6.07 Å². The molecule has 2 aromatic rings. The van der Waals surface area contributed by atoms with E-state index in [1.54, 1.807) is 12.1 Å². The number of nitro benzene ring substituents is 1. The lowest BCUT2D eigenvalue weighted by Crippen LogP contribution is -2.13. The number of hydrogen-bond acceptors (Lipinski definition) is 6. The average Bonchev–Trinajstić information content (AvgIpc) is 3.07. The number of ether oxygens (including phenoxy) is 2. The molecular formula is C17H9BrClN3O5. The molecule has 0 aromatic heterocycles. The van der Waals surface area contributed by atoms with Crippen molar-refractivity contribution in [1.29, 1.82) is 5.26 Å². The Morgan fingerprint density at radius 2 is 2.04 bits per heavy atom. The van der Waals surface area contributed by atoms with E-state index in [1.165, 1.54) is 18.2 Å². The largest absolute Gasteiger partial charge is 0.454 e. The molecule has 0 saturated heterocycles. The van der Waals surface area contributed by atoms with Crippen molar-refractivity contribution in [2.24, 2.45) is 0 Å². The number of halogens is 2. The standard InChI is InChI=1S/C17H9BrClN3O5/c18-12-6-16-15(26-8-27-16)4-9(12)3-10(7-20)17(23)21-11-1-2-13(19)14(5-11)22(24)25/h1-6H,8H2,(H,21,23). The highest BCUT2D eigenvalue weighted by atomic mass is 79.9. The molecule has 136 valence electrons. The van der Waals surface area contributed by atoms with Crippen molar-refractivity contribution in [2.45, 2.75) is 0 Å². The summed E-state index contributed by atoms with van der Waals surface area (Å²) in [5.41, 5.74) is 0.123. The van der Waals surface area contributed by atoms with Gasteiger partial charge in [0.2, 0.25) is 6.79 Å². The zero-order valence-corrected chi connectivity index (χ0v) is 15.7. The highest BCUT2D eigenvalue weighted by molar-refractivity contribution is 9.10. The number of nitriles is 1. The molecule has 1 heterocycles. The number of nitrogens with one attached hydrogen (secondary N) is 1. The lowest BCUT2D eigenvalue weighted by atomic mass is 10.1. The Bertz CT molecular complexity index is 1030. The van der Waals surface area contributed by atoms with Crippen LogP contribution in [0.3, 0.4) is 0 Å². The van der Waals surface area contributed by atoms with Crippen LogP contribution in [0.2, 0.25) is 5.02 Å². The molecule has 2 aromatic carbocycles. The van der Waals surface area contributed by atoms with Crippen LogP contribution in [0.5, 0.6) is 11.5 Å². The normalized spacial score (nSPS) is 12.4. The summed E-state index contributed by atoms with van der Waals surface area (Å²) in [5.74, 6) is 0.324. The van der Waals surface area contributed by atoms with Gasteiger partial charge in [0.25, 0.3) is 11.6 Å². The second kappa shape index (κ2) is 7.65. The molecule has 8 nitrogen and oxygen atoms in total. The highest BCUT2D eigenvalue weighted by Gasteiger charge is 2.18. The van der Waals surface area contributed by atoms with E-state index in [4.69, 9.17) is 21.1 Å². The van der Waals surface area contributed by atoms with Crippen LogP contribution in [0, 0.1) is 21.4 Å². The minimum atomic E-state index is -0.723. The first-order chi connectivity index (χ1) is 12.9. The molecule has 0 bridgehead atoms. The maximum absolute atomic E-state index is 12.4. The number of carbonyl (C=O) groups excluding carboxylic acids is 1. The first-order valence-corrected chi connectivity index (χ1v) is 8.52. The van der Waals surface area contributed by atoms with Gasteiger partial charge in [-0.25, -0.2) is 0 Å². The van der Waals surface area contributed by atoms with Crippen LogP contribution in [-0.4, -0.2) is 17.6 Å². The number of nitro groups is 1. The van der Waals surface area contributed by atoms with Crippen LogP contribution in [0.1, 0.15) is 5.56 Å². The third-order valence-electron chi connectivity index (χ3n) is 3.56. The fourth-order valence-electron chi connectivity index (χ4n) is 2.28. The summed E-state index contributed by atoms with van der Waals surface area (Å²) in [6, 6.07) is 8.92. The highest BCUT2D eigenvalue weighted by Crippen LogP contribution is 2.37. The summed E-state index contributed by atoms with van der Waals surface area (Å²) in [4.78, 5) is 22.7. The van der Waals surface area contributed by atoms with Gasteiger partial charge in [0.15, 0.2) is 11.5 Å². The Hall–Kier alpha value is -3.09. The van der Waals surface area contributed by atoms with E-state index in [-0.39, 0.29) is 28.8 Å². The van der Waals surface area contributed by atoms with Gasteiger partial charge < -0.3 is 14.8 Å². The van der Waals surface area contributed by atoms with Crippen LogP contribution < -0.4 is 14.8 Å². The van der Waals surface area contributed by atoms with Gasteiger partial charge in [-0.15, -0.1) is 0 Å². The zero-order chi connectivity index (χ0) is 19.6. The Balaban J connectivity index is 1.87. The minimum absolute atomic E-state index is 0.0571. The molecule has 0 aliphatic carbocycles.